The van der Waals surface area contributed by atoms with Crippen LogP contribution in [0.25, 0.3) is 10.8 Å². The van der Waals surface area contributed by atoms with Crippen LogP contribution in [0, 0.1) is 0 Å². The molecule has 0 fully saturated rings. The molecule has 0 atom stereocenters. The summed E-state index contributed by atoms with van der Waals surface area (Å²) >= 11 is 0. The van der Waals surface area contributed by atoms with E-state index in [9.17, 15) is 0 Å². The molecule has 23 heavy (non-hydrogen) atoms. The van der Waals surface area contributed by atoms with Crippen LogP contribution in [0.1, 0.15) is 52.4 Å². The molecule has 0 heterocycles. The van der Waals surface area contributed by atoms with E-state index < -0.39 is 9.28 Å². The van der Waals surface area contributed by atoms with Crippen molar-refractivity contribution in [3.63, 3.8) is 0 Å². The fourth-order valence-corrected chi connectivity index (χ4v) is 4.37. The standard InChI is InChI=1S/C20H29O2Si/c1-3-5-9-16-21-23(22-17-10-6-4-2)20-15-11-13-18-12-7-8-14-19(18)20/h7-8,11-15H,3-6,9-10,16-17H2,1-2H3. The summed E-state index contributed by atoms with van der Waals surface area (Å²) in [5.41, 5.74) is 0. The molecule has 2 aromatic carbocycles. The number of rotatable bonds is 11. The molecular formula is C20H29O2Si. The van der Waals surface area contributed by atoms with Gasteiger partial charge in [-0.25, -0.2) is 0 Å². The maximum Gasteiger partial charge on any atom is 0.424 e. The Bertz CT molecular complexity index is 553. The molecule has 2 rings (SSSR count). The largest absolute Gasteiger partial charge is 0.424 e. The van der Waals surface area contributed by atoms with Crippen molar-refractivity contribution in [2.45, 2.75) is 52.4 Å². The minimum atomic E-state index is -1.41. The predicted molar refractivity (Wildman–Crippen MR) is 100 cm³/mol. The van der Waals surface area contributed by atoms with Gasteiger partial charge >= 0.3 is 9.28 Å². The van der Waals surface area contributed by atoms with E-state index in [4.69, 9.17) is 8.85 Å². The molecule has 0 aliphatic heterocycles. The van der Waals surface area contributed by atoms with E-state index in [-0.39, 0.29) is 0 Å². The second-order valence-electron chi connectivity index (χ2n) is 5.93. The second-order valence-corrected chi connectivity index (χ2v) is 7.62. The Balaban J connectivity index is 2.09. The molecule has 0 aromatic heterocycles. The monoisotopic (exact) mass is 329 g/mol. The zero-order valence-corrected chi connectivity index (χ0v) is 15.5. The molecule has 2 nitrogen and oxygen atoms in total. The van der Waals surface area contributed by atoms with Crippen LogP contribution < -0.4 is 5.19 Å². The van der Waals surface area contributed by atoms with Gasteiger partial charge in [0.1, 0.15) is 0 Å². The van der Waals surface area contributed by atoms with Crippen molar-refractivity contribution in [3.8, 4) is 0 Å². The molecule has 0 aliphatic carbocycles. The van der Waals surface area contributed by atoms with Crippen LogP contribution >= 0.6 is 0 Å². The molecule has 0 aliphatic rings. The number of hydrogen-bond acceptors (Lipinski definition) is 2. The van der Waals surface area contributed by atoms with E-state index in [2.05, 4.69) is 56.3 Å². The minimum absolute atomic E-state index is 0.805. The topological polar surface area (TPSA) is 18.5 Å². The summed E-state index contributed by atoms with van der Waals surface area (Å²) in [5, 5.41) is 3.79. The van der Waals surface area contributed by atoms with Crippen molar-refractivity contribution in [3.05, 3.63) is 42.5 Å². The number of benzene rings is 2. The molecule has 2 aromatic rings. The highest BCUT2D eigenvalue weighted by atomic mass is 28.3. The summed E-state index contributed by atoms with van der Waals surface area (Å²) in [7, 11) is -1.41. The quantitative estimate of drug-likeness (QED) is 0.429. The third-order valence-electron chi connectivity index (χ3n) is 3.97. The van der Waals surface area contributed by atoms with E-state index in [1.165, 1.54) is 41.6 Å². The first-order valence-electron chi connectivity index (χ1n) is 8.97. The van der Waals surface area contributed by atoms with Crippen LogP contribution in [-0.4, -0.2) is 22.5 Å². The Morgan fingerprint density at radius 2 is 1.35 bits per heavy atom. The van der Waals surface area contributed by atoms with Gasteiger partial charge < -0.3 is 8.85 Å². The van der Waals surface area contributed by atoms with Gasteiger partial charge in [0.25, 0.3) is 0 Å². The van der Waals surface area contributed by atoms with Crippen LogP contribution in [0.2, 0.25) is 0 Å². The van der Waals surface area contributed by atoms with Gasteiger partial charge in [0, 0.05) is 18.4 Å². The Kier molecular flexibility index (Phi) is 8.36. The molecule has 0 bridgehead atoms. The van der Waals surface area contributed by atoms with Gasteiger partial charge in [-0.2, -0.15) is 0 Å². The first-order valence-corrected chi connectivity index (χ1v) is 10.3. The van der Waals surface area contributed by atoms with Crippen molar-refractivity contribution in [1.82, 2.24) is 0 Å². The SMILES string of the molecule is CCCCCO[Si](OCCCCC)c1cccc2ccccc12. The zero-order valence-electron chi connectivity index (χ0n) is 14.5. The van der Waals surface area contributed by atoms with Crippen molar-refractivity contribution in [2.75, 3.05) is 13.2 Å². The van der Waals surface area contributed by atoms with Crippen LogP contribution in [0.4, 0.5) is 0 Å². The average Bonchev–Trinajstić information content (AvgIpc) is 2.60. The van der Waals surface area contributed by atoms with Crippen molar-refractivity contribution >= 4 is 25.2 Å². The van der Waals surface area contributed by atoms with E-state index in [1.807, 2.05) is 0 Å². The number of fused-ring (bicyclic) bond motifs is 1. The molecule has 3 heteroatoms. The van der Waals surface area contributed by atoms with E-state index in [0.29, 0.717) is 0 Å². The Labute approximate surface area is 142 Å². The van der Waals surface area contributed by atoms with Gasteiger partial charge in [0.05, 0.1) is 0 Å². The van der Waals surface area contributed by atoms with Crippen molar-refractivity contribution in [1.29, 1.82) is 0 Å². The van der Waals surface area contributed by atoms with Crippen molar-refractivity contribution < 1.29 is 8.85 Å². The molecule has 0 saturated heterocycles. The Morgan fingerprint density at radius 3 is 2.00 bits per heavy atom. The fraction of sp³-hybridized carbons (Fsp3) is 0.500. The van der Waals surface area contributed by atoms with Crippen LogP contribution in [-0.2, 0) is 8.85 Å². The highest BCUT2D eigenvalue weighted by Gasteiger charge is 2.21. The third kappa shape index (κ3) is 5.76. The average molecular weight is 330 g/mol. The van der Waals surface area contributed by atoms with E-state index >= 15 is 0 Å². The molecule has 0 saturated carbocycles. The lowest BCUT2D eigenvalue weighted by Crippen LogP contribution is -2.38. The van der Waals surface area contributed by atoms with E-state index in [1.54, 1.807) is 0 Å². The second kappa shape index (κ2) is 10.6. The fourth-order valence-electron chi connectivity index (χ4n) is 2.63. The summed E-state index contributed by atoms with van der Waals surface area (Å²) in [6, 6.07) is 15.0. The first-order chi connectivity index (χ1) is 11.4. The van der Waals surface area contributed by atoms with Gasteiger partial charge in [-0.3, -0.25) is 0 Å². The van der Waals surface area contributed by atoms with Gasteiger partial charge in [0.15, 0.2) is 0 Å². The first kappa shape index (κ1) is 18.2. The highest BCUT2D eigenvalue weighted by molar-refractivity contribution is 6.64. The zero-order chi connectivity index (χ0) is 16.3. The Hall–Kier alpha value is -1.16. The van der Waals surface area contributed by atoms with Crippen LogP contribution in [0.5, 0.6) is 0 Å². The summed E-state index contributed by atoms with van der Waals surface area (Å²) in [6.45, 7) is 6.05. The van der Waals surface area contributed by atoms with Gasteiger partial charge in [-0.1, -0.05) is 82.0 Å². The van der Waals surface area contributed by atoms with Crippen molar-refractivity contribution in [2.24, 2.45) is 0 Å². The third-order valence-corrected chi connectivity index (χ3v) is 5.78. The molecular weight excluding hydrogens is 300 g/mol. The van der Waals surface area contributed by atoms with Crippen LogP contribution in [0.15, 0.2) is 42.5 Å². The Morgan fingerprint density at radius 1 is 0.739 bits per heavy atom. The lowest BCUT2D eigenvalue weighted by Gasteiger charge is -2.17. The van der Waals surface area contributed by atoms with Gasteiger partial charge in [-0.05, 0) is 23.6 Å². The van der Waals surface area contributed by atoms with Gasteiger partial charge in [-0.15, -0.1) is 0 Å². The highest BCUT2D eigenvalue weighted by Crippen LogP contribution is 2.13. The summed E-state index contributed by atoms with van der Waals surface area (Å²) in [4.78, 5) is 0. The maximum atomic E-state index is 6.20. The number of unbranched alkanes of at least 4 members (excludes halogenated alkanes) is 4. The minimum Gasteiger partial charge on any atom is -0.390 e. The van der Waals surface area contributed by atoms with E-state index in [0.717, 1.165) is 26.1 Å². The summed E-state index contributed by atoms with van der Waals surface area (Å²) in [5.74, 6) is 0. The maximum absolute atomic E-state index is 6.20. The molecule has 0 N–H and O–H groups in total. The molecule has 1 radical (unpaired) electrons. The molecule has 125 valence electrons. The smallest absolute Gasteiger partial charge is 0.390 e. The summed E-state index contributed by atoms with van der Waals surface area (Å²) < 4.78 is 12.4. The van der Waals surface area contributed by atoms with Crippen LogP contribution in [0.3, 0.4) is 0 Å². The predicted octanol–water partition coefficient (Wildman–Crippen LogP) is 4.95. The lowest BCUT2D eigenvalue weighted by molar-refractivity contribution is 0.200. The molecule has 0 spiro atoms. The molecule has 0 amide bonds. The summed E-state index contributed by atoms with van der Waals surface area (Å²) in [6.07, 6.45) is 7.12. The number of hydrogen-bond donors (Lipinski definition) is 0. The van der Waals surface area contributed by atoms with Gasteiger partial charge in [0.2, 0.25) is 0 Å². The lowest BCUT2D eigenvalue weighted by atomic mass is 10.1. The normalized spacial score (nSPS) is 11.4. The molecule has 0 unspecified atom stereocenters.